The van der Waals surface area contributed by atoms with E-state index in [2.05, 4.69) is 59.0 Å². The molecule has 4 nitrogen and oxygen atoms in total. The first kappa shape index (κ1) is 15.5. The van der Waals surface area contributed by atoms with Gasteiger partial charge >= 0.3 is 0 Å². The second-order valence-corrected chi connectivity index (χ2v) is 7.35. The Labute approximate surface area is 136 Å². The molecule has 1 aliphatic heterocycles. The van der Waals surface area contributed by atoms with Crippen LogP contribution in [0.2, 0.25) is 0 Å². The summed E-state index contributed by atoms with van der Waals surface area (Å²) in [4.78, 5) is 10.5. The summed E-state index contributed by atoms with van der Waals surface area (Å²) >= 11 is 1.60. The van der Waals surface area contributed by atoms with Gasteiger partial charge in [0.05, 0.1) is 0 Å². The summed E-state index contributed by atoms with van der Waals surface area (Å²) < 4.78 is 0. The van der Waals surface area contributed by atoms with Crippen LogP contribution in [0.25, 0.3) is 0 Å². The van der Waals surface area contributed by atoms with Crippen LogP contribution in [-0.4, -0.2) is 40.0 Å². The molecule has 1 aromatic carbocycles. The van der Waals surface area contributed by atoms with Crippen molar-refractivity contribution < 1.29 is 0 Å². The van der Waals surface area contributed by atoms with Crippen molar-refractivity contribution in [3.05, 3.63) is 47.0 Å². The molecule has 0 bridgehead atoms. The standard InChI is InChI=1S/C17H24N4S/c1-13-10-21(12-16-8-19-17(18)22-16)14(2)9-20(13)11-15-6-4-3-5-7-15/h3-8,13-14H,9-12H2,1-2H3,(H2,18,19). The molecule has 0 saturated carbocycles. The molecular formula is C17H24N4S. The number of anilines is 1. The van der Waals surface area contributed by atoms with Gasteiger partial charge in [0, 0.05) is 49.3 Å². The fourth-order valence-corrected chi connectivity index (χ4v) is 3.83. The summed E-state index contributed by atoms with van der Waals surface area (Å²) in [5.41, 5.74) is 7.13. The Kier molecular flexibility index (Phi) is 4.76. The zero-order valence-corrected chi connectivity index (χ0v) is 14.1. The number of benzene rings is 1. The SMILES string of the molecule is CC1CN(Cc2cnc(N)s2)C(C)CN1Cc1ccccc1. The highest BCUT2D eigenvalue weighted by Gasteiger charge is 2.29. The van der Waals surface area contributed by atoms with Crippen molar-refractivity contribution in [2.45, 2.75) is 39.0 Å². The Bertz CT molecular complexity index is 598. The second kappa shape index (κ2) is 6.77. The molecule has 2 heterocycles. The Hall–Kier alpha value is -1.43. The van der Waals surface area contributed by atoms with Crippen molar-refractivity contribution in [3.63, 3.8) is 0 Å². The van der Waals surface area contributed by atoms with E-state index in [0.717, 1.165) is 26.2 Å². The molecule has 5 heteroatoms. The van der Waals surface area contributed by atoms with Crippen molar-refractivity contribution in [1.82, 2.24) is 14.8 Å². The van der Waals surface area contributed by atoms with E-state index < -0.39 is 0 Å². The lowest BCUT2D eigenvalue weighted by Gasteiger charge is -2.44. The maximum atomic E-state index is 5.73. The van der Waals surface area contributed by atoms with Crippen molar-refractivity contribution in [2.24, 2.45) is 0 Å². The van der Waals surface area contributed by atoms with Crippen LogP contribution in [0.3, 0.4) is 0 Å². The van der Waals surface area contributed by atoms with Crippen LogP contribution in [0.5, 0.6) is 0 Å². The van der Waals surface area contributed by atoms with Crippen LogP contribution in [0.1, 0.15) is 24.3 Å². The Morgan fingerprint density at radius 1 is 1.09 bits per heavy atom. The lowest BCUT2D eigenvalue weighted by Crippen LogP contribution is -2.55. The van der Waals surface area contributed by atoms with E-state index in [1.165, 1.54) is 10.4 Å². The molecule has 0 aliphatic carbocycles. The molecule has 1 aromatic heterocycles. The third-order valence-corrected chi connectivity index (χ3v) is 5.21. The van der Waals surface area contributed by atoms with Crippen molar-refractivity contribution in [1.29, 1.82) is 0 Å². The Balaban J connectivity index is 1.61. The van der Waals surface area contributed by atoms with Crippen LogP contribution in [-0.2, 0) is 13.1 Å². The molecule has 0 radical (unpaired) electrons. The summed E-state index contributed by atoms with van der Waals surface area (Å²) in [6, 6.07) is 11.8. The first-order valence-corrected chi connectivity index (χ1v) is 8.65. The number of nitrogens with zero attached hydrogens (tertiary/aromatic N) is 3. The number of rotatable bonds is 4. The highest BCUT2D eigenvalue weighted by atomic mass is 32.1. The number of piperazine rings is 1. The molecule has 2 unspecified atom stereocenters. The first-order chi connectivity index (χ1) is 10.6. The lowest BCUT2D eigenvalue weighted by atomic mass is 10.1. The third-order valence-electron chi connectivity index (χ3n) is 4.40. The lowest BCUT2D eigenvalue weighted by molar-refractivity contribution is 0.0334. The van der Waals surface area contributed by atoms with Gasteiger partial charge in [0.2, 0.25) is 0 Å². The summed E-state index contributed by atoms with van der Waals surface area (Å²) in [6.07, 6.45) is 1.91. The third kappa shape index (κ3) is 3.66. The molecule has 1 saturated heterocycles. The summed E-state index contributed by atoms with van der Waals surface area (Å²) in [6.45, 7) is 8.82. The van der Waals surface area contributed by atoms with E-state index >= 15 is 0 Å². The van der Waals surface area contributed by atoms with Gasteiger partial charge in [-0.25, -0.2) is 4.98 Å². The fraction of sp³-hybridized carbons (Fsp3) is 0.471. The van der Waals surface area contributed by atoms with Gasteiger partial charge in [-0.15, -0.1) is 11.3 Å². The highest BCUT2D eigenvalue weighted by Crippen LogP contribution is 2.23. The quantitative estimate of drug-likeness (QED) is 0.942. The van der Waals surface area contributed by atoms with Gasteiger partial charge in [-0.05, 0) is 19.4 Å². The minimum atomic E-state index is 0.545. The number of nitrogens with two attached hydrogens (primary N) is 1. The smallest absolute Gasteiger partial charge is 0.180 e. The van der Waals surface area contributed by atoms with E-state index in [9.17, 15) is 0 Å². The van der Waals surface area contributed by atoms with E-state index in [0.29, 0.717) is 17.2 Å². The number of hydrogen-bond donors (Lipinski definition) is 1. The van der Waals surface area contributed by atoms with Crippen LogP contribution in [0.4, 0.5) is 5.13 Å². The van der Waals surface area contributed by atoms with Gasteiger partial charge in [-0.2, -0.15) is 0 Å². The normalized spacial score (nSPS) is 23.7. The molecular weight excluding hydrogens is 292 g/mol. The molecule has 2 atom stereocenters. The number of thiazole rings is 1. The predicted octanol–water partition coefficient (Wildman–Crippen LogP) is 2.82. The molecule has 118 valence electrons. The van der Waals surface area contributed by atoms with Crippen molar-refractivity contribution in [2.75, 3.05) is 18.8 Å². The van der Waals surface area contributed by atoms with Gasteiger partial charge in [0.15, 0.2) is 5.13 Å². The Morgan fingerprint density at radius 3 is 2.32 bits per heavy atom. The maximum absolute atomic E-state index is 5.73. The zero-order valence-electron chi connectivity index (χ0n) is 13.3. The van der Waals surface area contributed by atoms with Gasteiger partial charge < -0.3 is 5.73 Å². The molecule has 1 aliphatic rings. The first-order valence-electron chi connectivity index (χ1n) is 7.84. The largest absolute Gasteiger partial charge is 0.375 e. The molecule has 0 amide bonds. The molecule has 1 fully saturated rings. The van der Waals surface area contributed by atoms with Gasteiger partial charge in [-0.3, -0.25) is 9.80 Å². The molecule has 2 aromatic rings. The van der Waals surface area contributed by atoms with E-state index in [4.69, 9.17) is 5.73 Å². The van der Waals surface area contributed by atoms with Crippen molar-refractivity contribution >= 4 is 16.5 Å². The second-order valence-electron chi connectivity index (χ2n) is 6.21. The minimum Gasteiger partial charge on any atom is -0.375 e. The molecule has 3 rings (SSSR count). The average molecular weight is 316 g/mol. The molecule has 2 N–H and O–H groups in total. The average Bonchev–Trinajstić information content (AvgIpc) is 2.91. The topological polar surface area (TPSA) is 45.4 Å². The van der Waals surface area contributed by atoms with E-state index in [1.54, 1.807) is 11.3 Å². The minimum absolute atomic E-state index is 0.545. The predicted molar refractivity (Wildman–Crippen MR) is 92.7 cm³/mol. The van der Waals surface area contributed by atoms with Gasteiger partial charge in [-0.1, -0.05) is 30.3 Å². The monoisotopic (exact) mass is 316 g/mol. The Morgan fingerprint density at radius 2 is 1.73 bits per heavy atom. The molecule has 0 spiro atoms. The number of nitrogen functional groups attached to an aromatic ring is 1. The van der Waals surface area contributed by atoms with Crippen LogP contribution in [0.15, 0.2) is 36.5 Å². The van der Waals surface area contributed by atoms with Gasteiger partial charge in [0.25, 0.3) is 0 Å². The summed E-state index contributed by atoms with van der Waals surface area (Å²) in [5, 5.41) is 0.665. The summed E-state index contributed by atoms with van der Waals surface area (Å²) in [5.74, 6) is 0. The maximum Gasteiger partial charge on any atom is 0.180 e. The van der Waals surface area contributed by atoms with E-state index in [-0.39, 0.29) is 0 Å². The van der Waals surface area contributed by atoms with Gasteiger partial charge in [0.1, 0.15) is 0 Å². The highest BCUT2D eigenvalue weighted by molar-refractivity contribution is 7.15. The summed E-state index contributed by atoms with van der Waals surface area (Å²) in [7, 11) is 0. The van der Waals surface area contributed by atoms with Crippen LogP contribution in [0, 0.1) is 0 Å². The van der Waals surface area contributed by atoms with Crippen molar-refractivity contribution in [3.8, 4) is 0 Å². The number of hydrogen-bond acceptors (Lipinski definition) is 5. The molecule has 22 heavy (non-hydrogen) atoms. The van der Waals surface area contributed by atoms with Crippen LogP contribution >= 0.6 is 11.3 Å². The van der Waals surface area contributed by atoms with Crippen LogP contribution < -0.4 is 5.73 Å². The fourth-order valence-electron chi connectivity index (χ4n) is 3.12. The zero-order chi connectivity index (χ0) is 15.5. The van der Waals surface area contributed by atoms with E-state index in [1.807, 2.05) is 6.20 Å². The number of aromatic nitrogens is 1.